The van der Waals surface area contributed by atoms with Crippen molar-refractivity contribution < 1.29 is 0 Å². The average molecular weight is 333 g/mol. The third-order valence-corrected chi connectivity index (χ3v) is 5.25. The molecule has 2 unspecified atom stereocenters. The summed E-state index contributed by atoms with van der Waals surface area (Å²) in [6.45, 7) is 1.07. The molecule has 2 atom stereocenters. The van der Waals surface area contributed by atoms with E-state index in [0.29, 0.717) is 6.04 Å². The van der Waals surface area contributed by atoms with Crippen molar-refractivity contribution in [3.8, 4) is 11.3 Å². The van der Waals surface area contributed by atoms with Crippen LogP contribution in [0.5, 0.6) is 0 Å². The molecule has 1 saturated carbocycles. The first-order valence-corrected chi connectivity index (χ1v) is 8.06. The van der Waals surface area contributed by atoms with Gasteiger partial charge in [0, 0.05) is 24.5 Å². The van der Waals surface area contributed by atoms with E-state index in [1.54, 1.807) is 6.20 Å². The summed E-state index contributed by atoms with van der Waals surface area (Å²) in [7, 11) is 0. The van der Waals surface area contributed by atoms with Crippen LogP contribution in [0.2, 0.25) is 0 Å². The molecule has 1 fully saturated rings. The highest BCUT2D eigenvalue weighted by Crippen LogP contribution is 2.43. The molecular weight excluding hydrogens is 316 g/mol. The van der Waals surface area contributed by atoms with Gasteiger partial charge in [-0.25, -0.2) is 4.68 Å². The number of nitrogens with one attached hydrogen (secondary N) is 1. The van der Waals surface area contributed by atoms with E-state index in [4.69, 9.17) is 5.10 Å². The molecule has 4 nitrogen and oxygen atoms in total. The van der Waals surface area contributed by atoms with Crippen LogP contribution in [0.15, 0.2) is 29.0 Å². The van der Waals surface area contributed by atoms with Crippen LogP contribution in [0.25, 0.3) is 11.3 Å². The first-order chi connectivity index (χ1) is 9.84. The molecule has 2 aromatic heterocycles. The average Bonchev–Trinajstić information content (AvgIpc) is 2.86. The lowest BCUT2D eigenvalue weighted by Crippen LogP contribution is -2.35. The van der Waals surface area contributed by atoms with Crippen LogP contribution < -0.4 is 5.32 Å². The highest BCUT2D eigenvalue weighted by atomic mass is 79.9. The van der Waals surface area contributed by atoms with Crippen molar-refractivity contribution in [2.24, 2.45) is 5.92 Å². The van der Waals surface area contributed by atoms with E-state index >= 15 is 0 Å². The summed E-state index contributed by atoms with van der Waals surface area (Å²) < 4.78 is 3.27. The summed E-state index contributed by atoms with van der Waals surface area (Å²) in [5, 5.41) is 8.43. The minimum atomic E-state index is 0.557. The van der Waals surface area contributed by atoms with Crippen molar-refractivity contribution in [3.63, 3.8) is 0 Å². The lowest BCUT2D eigenvalue weighted by Gasteiger charge is -2.37. The summed E-state index contributed by atoms with van der Waals surface area (Å²) in [4.78, 5) is 4.20. The third-order valence-electron chi connectivity index (χ3n) is 4.50. The zero-order valence-electron chi connectivity index (χ0n) is 11.2. The van der Waals surface area contributed by atoms with E-state index in [-0.39, 0.29) is 0 Å². The molecule has 20 heavy (non-hydrogen) atoms. The van der Waals surface area contributed by atoms with Crippen molar-refractivity contribution in [1.82, 2.24) is 14.8 Å². The monoisotopic (exact) mass is 332 g/mol. The minimum Gasteiger partial charge on any atom is -0.369 e. The summed E-state index contributed by atoms with van der Waals surface area (Å²) >= 11 is 3.72. The van der Waals surface area contributed by atoms with E-state index < -0.39 is 0 Å². The standard InChI is InChI=1S/C15H17BrN4/c16-13-14(11-5-3-7-17-8-11)19-20-12-6-2-1-4-10(12)9-18-15(13)20/h3,5,7-8,10,12,18H,1-2,4,6,9H2. The van der Waals surface area contributed by atoms with Crippen LogP contribution in [0, 0.1) is 5.92 Å². The Balaban J connectivity index is 1.80. The molecule has 1 N–H and O–H groups in total. The van der Waals surface area contributed by atoms with Crippen LogP contribution in [0.3, 0.4) is 0 Å². The number of nitrogens with zero attached hydrogens (tertiary/aromatic N) is 3. The Labute approximate surface area is 126 Å². The van der Waals surface area contributed by atoms with Gasteiger partial charge in [-0.3, -0.25) is 4.98 Å². The smallest absolute Gasteiger partial charge is 0.139 e. The first kappa shape index (κ1) is 12.4. The van der Waals surface area contributed by atoms with E-state index in [2.05, 4.69) is 37.0 Å². The van der Waals surface area contributed by atoms with Crippen LogP contribution in [0.1, 0.15) is 31.7 Å². The molecule has 3 heterocycles. The van der Waals surface area contributed by atoms with Crippen molar-refractivity contribution in [3.05, 3.63) is 29.0 Å². The molecule has 1 aliphatic heterocycles. The lowest BCUT2D eigenvalue weighted by molar-refractivity contribution is 0.222. The van der Waals surface area contributed by atoms with Crippen LogP contribution in [-0.2, 0) is 0 Å². The van der Waals surface area contributed by atoms with Crippen molar-refractivity contribution in [2.75, 3.05) is 11.9 Å². The number of rotatable bonds is 1. The molecule has 5 heteroatoms. The van der Waals surface area contributed by atoms with Gasteiger partial charge in [-0.2, -0.15) is 5.10 Å². The maximum atomic E-state index is 4.87. The van der Waals surface area contributed by atoms with Gasteiger partial charge in [-0.15, -0.1) is 0 Å². The largest absolute Gasteiger partial charge is 0.369 e. The van der Waals surface area contributed by atoms with Crippen molar-refractivity contribution in [1.29, 1.82) is 0 Å². The fourth-order valence-electron chi connectivity index (χ4n) is 3.48. The van der Waals surface area contributed by atoms with Crippen LogP contribution in [-0.4, -0.2) is 21.3 Å². The number of aromatic nitrogens is 3. The Hall–Kier alpha value is -1.36. The van der Waals surface area contributed by atoms with Gasteiger partial charge in [-0.05, 0) is 46.8 Å². The van der Waals surface area contributed by atoms with Gasteiger partial charge in [0.05, 0.1) is 10.5 Å². The summed E-state index contributed by atoms with van der Waals surface area (Å²) in [6, 6.07) is 4.57. The Morgan fingerprint density at radius 3 is 3.05 bits per heavy atom. The maximum Gasteiger partial charge on any atom is 0.139 e. The van der Waals surface area contributed by atoms with Gasteiger partial charge in [0.1, 0.15) is 11.5 Å². The van der Waals surface area contributed by atoms with Gasteiger partial charge in [0.25, 0.3) is 0 Å². The molecule has 0 bridgehead atoms. The second-order valence-electron chi connectivity index (χ2n) is 5.69. The zero-order valence-corrected chi connectivity index (χ0v) is 12.8. The van der Waals surface area contributed by atoms with Crippen LogP contribution >= 0.6 is 15.9 Å². The van der Waals surface area contributed by atoms with Crippen molar-refractivity contribution in [2.45, 2.75) is 31.7 Å². The number of anilines is 1. The summed E-state index contributed by atoms with van der Waals surface area (Å²) in [5.41, 5.74) is 2.06. The molecular formula is C15H17BrN4. The van der Waals surface area contributed by atoms with Gasteiger partial charge in [-0.1, -0.05) is 12.8 Å². The molecule has 0 radical (unpaired) electrons. The normalized spacial score (nSPS) is 24.6. The summed E-state index contributed by atoms with van der Waals surface area (Å²) in [5.74, 6) is 1.86. The second-order valence-corrected chi connectivity index (χ2v) is 6.48. The number of fused-ring (bicyclic) bond motifs is 3. The highest BCUT2D eigenvalue weighted by Gasteiger charge is 2.34. The molecule has 0 spiro atoms. The van der Waals surface area contributed by atoms with Crippen molar-refractivity contribution >= 4 is 21.7 Å². The summed E-state index contributed by atoms with van der Waals surface area (Å²) in [6.07, 6.45) is 8.91. The molecule has 0 amide bonds. The molecule has 104 valence electrons. The van der Waals surface area contributed by atoms with Gasteiger partial charge >= 0.3 is 0 Å². The molecule has 2 aliphatic rings. The Kier molecular flexibility index (Phi) is 3.02. The Morgan fingerprint density at radius 2 is 2.20 bits per heavy atom. The molecule has 0 saturated heterocycles. The van der Waals surface area contributed by atoms with E-state index in [1.165, 1.54) is 25.7 Å². The van der Waals surface area contributed by atoms with E-state index in [9.17, 15) is 0 Å². The van der Waals surface area contributed by atoms with Crippen LogP contribution in [0.4, 0.5) is 5.82 Å². The molecule has 1 aliphatic carbocycles. The number of hydrogen-bond donors (Lipinski definition) is 1. The topological polar surface area (TPSA) is 42.7 Å². The predicted octanol–water partition coefficient (Wildman–Crippen LogP) is 3.86. The fourth-order valence-corrected chi connectivity index (χ4v) is 4.11. The Bertz CT molecular complexity index is 622. The fraction of sp³-hybridized carbons (Fsp3) is 0.467. The maximum absolute atomic E-state index is 4.87. The number of pyridine rings is 1. The first-order valence-electron chi connectivity index (χ1n) is 7.27. The van der Waals surface area contributed by atoms with Gasteiger partial charge < -0.3 is 5.32 Å². The van der Waals surface area contributed by atoms with E-state index in [1.807, 2.05) is 12.3 Å². The quantitative estimate of drug-likeness (QED) is 0.862. The zero-order chi connectivity index (χ0) is 13.5. The lowest BCUT2D eigenvalue weighted by atomic mass is 9.83. The predicted molar refractivity (Wildman–Crippen MR) is 82.6 cm³/mol. The molecule has 2 aromatic rings. The minimum absolute atomic E-state index is 0.557. The number of halogens is 1. The van der Waals surface area contributed by atoms with Gasteiger partial charge in [0.15, 0.2) is 0 Å². The SMILES string of the molecule is Brc1c(-c2cccnc2)nn2c1NCC1CCCCC12. The second kappa shape index (κ2) is 4.88. The highest BCUT2D eigenvalue weighted by molar-refractivity contribution is 9.10. The Morgan fingerprint density at radius 1 is 1.30 bits per heavy atom. The molecule has 0 aromatic carbocycles. The van der Waals surface area contributed by atoms with Gasteiger partial charge in [0.2, 0.25) is 0 Å². The van der Waals surface area contributed by atoms with E-state index in [0.717, 1.165) is 34.0 Å². The number of hydrogen-bond acceptors (Lipinski definition) is 3. The molecule has 4 rings (SSSR count). The third kappa shape index (κ3) is 1.87.